The van der Waals surface area contributed by atoms with Crippen LogP contribution in [0.5, 0.6) is 11.5 Å². The van der Waals surface area contributed by atoms with Gasteiger partial charge in [-0.15, -0.1) is 0 Å². The summed E-state index contributed by atoms with van der Waals surface area (Å²) >= 11 is 0. The molecular formula is C18H21NO4. The third-order valence-corrected chi connectivity index (χ3v) is 5.57. The topological polar surface area (TPSA) is 59.0 Å². The number of carbonyl (C=O) groups is 1. The number of benzene rings is 1. The quantitative estimate of drug-likeness (QED) is 0.836. The van der Waals surface area contributed by atoms with Crippen molar-refractivity contribution in [2.45, 2.75) is 48.7 Å². The second-order valence-corrected chi connectivity index (χ2v) is 6.45. The maximum absolute atomic E-state index is 13.2. The Morgan fingerprint density at radius 1 is 1.61 bits per heavy atom. The zero-order valence-electron chi connectivity index (χ0n) is 22.3. The first-order valence-corrected chi connectivity index (χ1v) is 7.40. The van der Waals surface area contributed by atoms with Gasteiger partial charge in [0.15, 0.2) is 23.4 Å². The average molecular weight is 325 g/mol. The van der Waals surface area contributed by atoms with Gasteiger partial charge in [0.25, 0.3) is 0 Å². The third-order valence-electron chi connectivity index (χ3n) is 5.57. The minimum atomic E-state index is -3.07. The number of ketones is 1. The lowest BCUT2D eigenvalue weighted by Crippen LogP contribution is -2.76. The molecule has 1 aromatic rings. The molecule has 2 aliphatic carbocycles. The van der Waals surface area contributed by atoms with Gasteiger partial charge in [0, 0.05) is 23.4 Å². The van der Waals surface area contributed by atoms with Gasteiger partial charge in [-0.1, -0.05) is 6.04 Å². The zero-order chi connectivity index (χ0) is 24.7. The molecular weight excluding hydrogens is 294 g/mol. The van der Waals surface area contributed by atoms with Gasteiger partial charge >= 0.3 is 0 Å². The van der Waals surface area contributed by atoms with Crippen molar-refractivity contribution in [3.05, 3.63) is 23.2 Å². The van der Waals surface area contributed by atoms with E-state index in [-0.39, 0.29) is 18.5 Å². The maximum atomic E-state index is 13.2. The number of likely N-dealkylation sites (N-methyl/N-ethyl adjacent to an activating group) is 1. The highest BCUT2D eigenvalue weighted by molar-refractivity contribution is 5.90. The smallest absolute Gasteiger partial charge is 0.174 e. The average Bonchev–Trinajstić information content (AvgIpc) is 3.00. The largest absolute Gasteiger partial charge is 0.493 e. The number of hydrogen-bond donors (Lipinski definition) is 1. The van der Waals surface area contributed by atoms with E-state index in [9.17, 15) is 11.3 Å². The summed E-state index contributed by atoms with van der Waals surface area (Å²) in [6, 6.07) is -4.09. The number of nitrogens with zero attached hydrogens (tertiary/aromatic N) is 1. The van der Waals surface area contributed by atoms with Crippen LogP contribution in [-0.2, 0) is 16.6 Å². The van der Waals surface area contributed by atoms with Crippen molar-refractivity contribution >= 4 is 5.78 Å². The molecule has 1 spiro atoms. The summed E-state index contributed by atoms with van der Waals surface area (Å²) < 4.78 is 93.5. The highest BCUT2D eigenvalue weighted by Crippen LogP contribution is 2.64. The minimum absolute atomic E-state index is 0.0335. The Morgan fingerprint density at radius 3 is 3.30 bits per heavy atom. The Labute approximate surface area is 149 Å². The fourth-order valence-corrected chi connectivity index (χ4v) is 4.53. The van der Waals surface area contributed by atoms with Crippen LogP contribution >= 0.6 is 0 Å². The Morgan fingerprint density at radius 2 is 2.48 bits per heavy atom. The predicted octanol–water partition coefficient (Wildman–Crippen LogP) is 1.05. The number of likely N-dealkylation sites (tertiary alicyclic amines) is 1. The molecule has 4 aliphatic rings. The summed E-state index contributed by atoms with van der Waals surface area (Å²) in [4.78, 5) is 14.4. The van der Waals surface area contributed by atoms with E-state index < -0.39 is 84.3 Å². The van der Waals surface area contributed by atoms with E-state index >= 15 is 0 Å². The number of aliphatic hydroxyl groups is 1. The summed E-state index contributed by atoms with van der Waals surface area (Å²) in [5.74, 6) is -2.21. The molecule has 5 heteroatoms. The zero-order valence-corrected chi connectivity index (χ0v) is 12.3. The molecule has 4 atom stereocenters. The van der Waals surface area contributed by atoms with Crippen LogP contribution in [0.2, 0.25) is 0 Å². The van der Waals surface area contributed by atoms with Crippen LogP contribution in [0.25, 0.3) is 0 Å². The van der Waals surface area contributed by atoms with Crippen molar-refractivity contribution in [2.75, 3.05) is 20.6 Å². The predicted molar refractivity (Wildman–Crippen MR) is 83.0 cm³/mol. The van der Waals surface area contributed by atoms with Crippen LogP contribution in [0, 0.1) is 0 Å². The van der Waals surface area contributed by atoms with Crippen LogP contribution in [-0.4, -0.2) is 54.1 Å². The van der Waals surface area contributed by atoms with Crippen molar-refractivity contribution in [1.29, 1.82) is 0 Å². The Bertz CT molecular complexity index is 1120. The van der Waals surface area contributed by atoms with Crippen molar-refractivity contribution in [3.63, 3.8) is 0 Å². The molecule has 0 aromatic heterocycles. The van der Waals surface area contributed by atoms with Gasteiger partial charge < -0.3 is 19.5 Å². The molecule has 122 valence electrons. The van der Waals surface area contributed by atoms with E-state index in [1.807, 2.05) is 0 Å². The van der Waals surface area contributed by atoms with Gasteiger partial charge in [-0.25, -0.2) is 0 Å². The molecule has 5 rings (SSSR count). The van der Waals surface area contributed by atoms with Crippen LogP contribution in [0.3, 0.4) is 0 Å². The van der Waals surface area contributed by atoms with Crippen molar-refractivity contribution in [2.24, 2.45) is 0 Å². The van der Waals surface area contributed by atoms with Gasteiger partial charge in [0.2, 0.25) is 0 Å². The van der Waals surface area contributed by atoms with E-state index in [2.05, 4.69) is 0 Å². The highest BCUT2D eigenvalue weighted by Gasteiger charge is 2.72. The normalized spacial score (nSPS) is 55.0. The Hall–Kier alpha value is -1.59. The van der Waals surface area contributed by atoms with Crippen molar-refractivity contribution in [3.8, 4) is 11.5 Å². The minimum Gasteiger partial charge on any atom is -0.493 e. The monoisotopic (exact) mass is 325 g/mol. The Kier molecular flexibility index (Phi) is 1.26. The lowest BCUT2D eigenvalue weighted by molar-refractivity contribution is -0.185. The van der Waals surface area contributed by atoms with Gasteiger partial charge in [0.05, 0.1) is 26.3 Å². The first kappa shape index (κ1) is 7.11. The third kappa shape index (κ3) is 1.32. The van der Waals surface area contributed by atoms with Gasteiger partial charge in [-0.3, -0.25) is 4.79 Å². The fraction of sp³-hybridized carbons (Fsp3) is 0.611. The molecule has 2 aliphatic heterocycles. The number of carbonyl (C=O) groups excluding carboxylic acids is 1. The summed E-state index contributed by atoms with van der Waals surface area (Å²) in [7, 11) is -1.67. The Balaban J connectivity index is 1.98. The summed E-state index contributed by atoms with van der Waals surface area (Å²) in [6.07, 6.45) is -8.16. The van der Waals surface area contributed by atoms with Crippen molar-refractivity contribution < 1.29 is 33.1 Å². The van der Waals surface area contributed by atoms with Crippen molar-refractivity contribution in [1.82, 2.24) is 4.90 Å². The lowest BCUT2D eigenvalue weighted by atomic mass is 9.49. The molecule has 23 heavy (non-hydrogen) atoms. The van der Waals surface area contributed by atoms with Gasteiger partial charge in [-0.05, 0) is 44.4 Å². The number of piperidine rings is 1. The SMILES string of the molecule is [2H]c1c([2H])c2c3c(c1OC([2H])([2H])[2H])OC1C(=O)C([2H])([2H])C[C@]4(O)[C@@]31CCN(C)[C@]4([2H])C2([2H])[2H]. The van der Waals surface area contributed by atoms with Crippen LogP contribution < -0.4 is 9.47 Å². The standard InChI is InChI=1S/C18H21NO4/c1-19-8-7-17-14-10-3-4-12(22-2)15(14)23-16(17)11(20)5-6-18(17,21)13(19)9-10/h3-4,13,16,21H,5-9H2,1-2H3/t13-,16?,17+,18-/m1/s1/i2D3,3D,4D,5D2,9D2,13D. The summed E-state index contributed by atoms with van der Waals surface area (Å²) in [6.45, 7) is 0.0335. The lowest BCUT2D eigenvalue weighted by Gasteiger charge is -2.62. The molecule has 1 unspecified atom stereocenters. The molecule has 5 nitrogen and oxygen atoms in total. The summed E-state index contributed by atoms with van der Waals surface area (Å²) in [5.41, 5.74) is -4.95. The second-order valence-electron chi connectivity index (χ2n) is 6.45. The second kappa shape index (κ2) is 4.08. The van der Waals surface area contributed by atoms with Crippen LogP contribution in [0.4, 0.5) is 0 Å². The summed E-state index contributed by atoms with van der Waals surface area (Å²) in [5, 5.41) is 12.1. The number of Topliss-reactive ketones (excluding diaryl/α,β-unsaturated/α-hetero) is 1. The van der Waals surface area contributed by atoms with E-state index in [4.69, 9.17) is 21.8 Å². The first-order valence-electron chi connectivity index (χ1n) is 12.4. The van der Waals surface area contributed by atoms with Gasteiger partial charge in [0.1, 0.15) is 0 Å². The molecule has 2 bridgehead atoms. The molecule has 1 N–H and O–H groups in total. The number of methoxy groups -OCH3 is 1. The molecule has 1 saturated heterocycles. The molecule has 1 aromatic carbocycles. The molecule has 0 radical (unpaired) electrons. The fourth-order valence-electron chi connectivity index (χ4n) is 4.53. The highest BCUT2D eigenvalue weighted by atomic mass is 16.5. The number of hydrogen-bond acceptors (Lipinski definition) is 5. The van der Waals surface area contributed by atoms with Crippen LogP contribution in [0.15, 0.2) is 12.1 Å². The molecule has 2 fully saturated rings. The van der Waals surface area contributed by atoms with E-state index in [0.717, 1.165) is 0 Å². The van der Waals surface area contributed by atoms with E-state index in [1.54, 1.807) is 0 Å². The van der Waals surface area contributed by atoms with E-state index in [1.165, 1.54) is 11.9 Å². The first-order chi connectivity index (χ1) is 14.9. The molecule has 2 heterocycles. The maximum Gasteiger partial charge on any atom is 0.174 e. The number of rotatable bonds is 1. The van der Waals surface area contributed by atoms with E-state index in [0.29, 0.717) is 0 Å². The van der Waals surface area contributed by atoms with Crippen LogP contribution in [0.1, 0.15) is 44.0 Å². The number of ether oxygens (including phenoxy) is 2. The van der Waals surface area contributed by atoms with Gasteiger partial charge in [-0.2, -0.15) is 0 Å². The molecule has 0 amide bonds. The molecule has 1 saturated carbocycles.